The zero-order chi connectivity index (χ0) is 23.1. The van der Waals surface area contributed by atoms with Crippen molar-refractivity contribution in [1.82, 2.24) is 9.80 Å². The van der Waals surface area contributed by atoms with Crippen LogP contribution in [0.2, 0.25) is 0 Å². The van der Waals surface area contributed by atoms with E-state index in [1.54, 1.807) is 36.2 Å². The monoisotopic (exact) mass is 446 g/mol. The van der Waals surface area contributed by atoms with Crippen molar-refractivity contribution in [3.05, 3.63) is 29.8 Å². The molecule has 0 bridgehead atoms. The molecule has 0 aliphatic carbocycles. The number of benzene rings is 1. The summed E-state index contributed by atoms with van der Waals surface area (Å²) in [6, 6.07) is 7.12. The SMILES string of the molecule is COCCN1C(=O)CC(CC(=O)N(C)CCC2CCCCO2)(c2ccccc2OC)C1=O. The van der Waals surface area contributed by atoms with E-state index in [0.29, 0.717) is 17.9 Å². The lowest BCUT2D eigenvalue weighted by Gasteiger charge is -2.31. The van der Waals surface area contributed by atoms with Crippen LogP contribution < -0.4 is 4.74 Å². The molecule has 2 atom stereocenters. The predicted molar refractivity (Wildman–Crippen MR) is 118 cm³/mol. The third kappa shape index (κ3) is 5.13. The molecule has 2 saturated heterocycles. The van der Waals surface area contributed by atoms with E-state index < -0.39 is 5.41 Å². The van der Waals surface area contributed by atoms with Gasteiger partial charge in [0.15, 0.2) is 0 Å². The highest BCUT2D eigenvalue weighted by atomic mass is 16.5. The Morgan fingerprint density at radius 2 is 2.03 bits per heavy atom. The highest BCUT2D eigenvalue weighted by Gasteiger charge is 2.55. The summed E-state index contributed by atoms with van der Waals surface area (Å²) in [6.07, 6.45) is 4.01. The molecule has 1 aromatic rings. The lowest BCUT2D eigenvalue weighted by Crippen LogP contribution is -2.44. The van der Waals surface area contributed by atoms with E-state index in [2.05, 4.69) is 0 Å². The highest BCUT2D eigenvalue weighted by Crippen LogP contribution is 2.44. The van der Waals surface area contributed by atoms with Crippen LogP contribution in [0.5, 0.6) is 5.75 Å². The maximum absolute atomic E-state index is 13.6. The van der Waals surface area contributed by atoms with Crippen LogP contribution in [0.3, 0.4) is 0 Å². The van der Waals surface area contributed by atoms with Gasteiger partial charge in [-0.3, -0.25) is 19.3 Å². The molecular weight excluding hydrogens is 412 g/mol. The third-order valence-corrected chi connectivity index (χ3v) is 6.49. The summed E-state index contributed by atoms with van der Waals surface area (Å²) in [5.74, 6) is -0.361. The Kier molecular flexibility index (Phi) is 8.26. The molecule has 32 heavy (non-hydrogen) atoms. The smallest absolute Gasteiger partial charge is 0.241 e. The van der Waals surface area contributed by atoms with Crippen molar-refractivity contribution >= 4 is 17.7 Å². The molecule has 0 spiro atoms. The molecule has 2 aliphatic heterocycles. The molecule has 0 aromatic heterocycles. The number of methoxy groups -OCH3 is 2. The molecular formula is C24H34N2O6. The van der Waals surface area contributed by atoms with Crippen LogP contribution >= 0.6 is 0 Å². The Balaban J connectivity index is 1.82. The van der Waals surface area contributed by atoms with Crippen molar-refractivity contribution in [2.24, 2.45) is 0 Å². The Morgan fingerprint density at radius 3 is 2.72 bits per heavy atom. The Hall–Kier alpha value is -2.45. The number of ether oxygens (including phenoxy) is 3. The molecule has 176 valence electrons. The summed E-state index contributed by atoms with van der Waals surface area (Å²) in [5, 5.41) is 0. The van der Waals surface area contributed by atoms with E-state index in [9.17, 15) is 14.4 Å². The number of hydrogen-bond acceptors (Lipinski definition) is 6. The number of rotatable bonds is 10. The quantitative estimate of drug-likeness (QED) is 0.512. The number of carbonyl (C=O) groups is 3. The van der Waals surface area contributed by atoms with Crippen LogP contribution in [0.1, 0.15) is 44.1 Å². The van der Waals surface area contributed by atoms with Crippen LogP contribution in [-0.2, 0) is 29.3 Å². The molecule has 3 amide bonds. The summed E-state index contributed by atoms with van der Waals surface area (Å²) in [6.45, 7) is 1.72. The zero-order valence-electron chi connectivity index (χ0n) is 19.3. The van der Waals surface area contributed by atoms with E-state index in [1.165, 1.54) is 19.1 Å². The average molecular weight is 447 g/mol. The van der Waals surface area contributed by atoms with Gasteiger partial charge in [0.05, 0.1) is 31.8 Å². The Labute approximate surface area is 189 Å². The van der Waals surface area contributed by atoms with Gasteiger partial charge in [-0.1, -0.05) is 18.2 Å². The number of para-hydroxylation sites is 1. The first kappa shape index (κ1) is 24.2. The first-order chi connectivity index (χ1) is 15.4. The number of amides is 3. The Morgan fingerprint density at radius 1 is 1.25 bits per heavy atom. The van der Waals surface area contributed by atoms with E-state index >= 15 is 0 Å². The van der Waals surface area contributed by atoms with Crippen LogP contribution in [0, 0.1) is 0 Å². The van der Waals surface area contributed by atoms with Gasteiger partial charge < -0.3 is 19.1 Å². The van der Waals surface area contributed by atoms with Crippen molar-refractivity contribution in [2.75, 3.05) is 47.6 Å². The van der Waals surface area contributed by atoms with Gasteiger partial charge in [-0.05, 0) is 31.7 Å². The molecule has 2 aliphatic rings. The average Bonchev–Trinajstić information content (AvgIpc) is 3.05. The van der Waals surface area contributed by atoms with Gasteiger partial charge in [-0.15, -0.1) is 0 Å². The standard InChI is InChI=1S/C24H34N2O6/c1-25(12-11-18-8-6-7-14-32-18)21(27)16-24(19-9-4-5-10-20(19)31-3)17-22(28)26(23(24)29)13-15-30-2/h4-5,9-10,18H,6-8,11-17H2,1-3H3. The van der Waals surface area contributed by atoms with E-state index in [1.807, 2.05) is 0 Å². The molecule has 1 aromatic carbocycles. The van der Waals surface area contributed by atoms with Crippen molar-refractivity contribution in [3.8, 4) is 5.75 Å². The fourth-order valence-electron chi connectivity index (χ4n) is 4.58. The molecule has 8 nitrogen and oxygen atoms in total. The minimum absolute atomic E-state index is 0.0682. The van der Waals surface area contributed by atoms with Crippen LogP contribution in [0.15, 0.2) is 24.3 Å². The number of carbonyl (C=O) groups excluding carboxylic acids is 3. The van der Waals surface area contributed by atoms with Crippen LogP contribution in [-0.4, -0.2) is 81.2 Å². The zero-order valence-corrected chi connectivity index (χ0v) is 19.3. The summed E-state index contributed by atoms with van der Waals surface area (Å²) in [5.41, 5.74) is -0.720. The van der Waals surface area contributed by atoms with Crippen molar-refractivity contribution in [1.29, 1.82) is 0 Å². The van der Waals surface area contributed by atoms with Gasteiger partial charge in [0.2, 0.25) is 17.7 Å². The van der Waals surface area contributed by atoms with Gasteiger partial charge in [0.1, 0.15) is 5.75 Å². The van der Waals surface area contributed by atoms with Gasteiger partial charge >= 0.3 is 0 Å². The highest BCUT2D eigenvalue weighted by molar-refractivity contribution is 6.11. The maximum atomic E-state index is 13.6. The fourth-order valence-corrected chi connectivity index (χ4v) is 4.58. The van der Waals surface area contributed by atoms with Gasteiger partial charge in [-0.2, -0.15) is 0 Å². The fraction of sp³-hybridized carbons (Fsp3) is 0.625. The van der Waals surface area contributed by atoms with Gasteiger partial charge in [-0.25, -0.2) is 0 Å². The topological polar surface area (TPSA) is 85.4 Å². The molecule has 3 rings (SSSR count). The largest absolute Gasteiger partial charge is 0.496 e. The minimum Gasteiger partial charge on any atom is -0.496 e. The summed E-state index contributed by atoms with van der Waals surface area (Å²) < 4.78 is 16.3. The molecule has 8 heteroatoms. The number of imide groups is 1. The minimum atomic E-state index is -1.29. The van der Waals surface area contributed by atoms with Crippen LogP contribution in [0.25, 0.3) is 0 Å². The molecule has 2 heterocycles. The molecule has 0 saturated carbocycles. The summed E-state index contributed by atoms with van der Waals surface area (Å²) in [7, 11) is 4.78. The second-order valence-electron chi connectivity index (χ2n) is 8.57. The number of nitrogens with zero attached hydrogens (tertiary/aromatic N) is 2. The predicted octanol–water partition coefficient (Wildman–Crippen LogP) is 2.15. The molecule has 0 radical (unpaired) electrons. The van der Waals surface area contributed by atoms with Crippen LogP contribution in [0.4, 0.5) is 0 Å². The summed E-state index contributed by atoms with van der Waals surface area (Å²) >= 11 is 0. The van der Waals surface area contributed by atoms with Gasteiger partial charge in [0.25, 0.3) is 0 Å². The molecule has 0 N–H and O–H groups in total. The normalized spacial score (nSPS) is 23.5. The molecule has 2 fully saturated rings. The second-order valence-corrected chi connectivity index (χ2v) is 8.57. The van der Waals surface area contributed by atoms with Gasteiger partial charge in [0, 0.05) is 45.7 Å². The Bertz CT molecular complexity index is 822. The lowest BCUT2D eigenvalue weighted by atomic mass is 9.75. The van der Waals surface area contributed by atoms with Crippen molar-refractivity contribution < 1.29 is 28.6 Å². The van der Waals surface area contributed by atoms with E-state index in [4.69, 9.17) is 14.2 Å². The summed E-state index contributed by atoms with van der Waals surface area (Å²) in [4.78, 5) is 42.5. The number of hydrogen-bond donors (Lipinski definition) is 0. The van der Waals surface area contributed by atoms with E-state index in [-0.39, 0.29) is 49.8 Å². The lowest BCUT2D eigenvalue weighted by molar-refractivity contribution is -0.143. The first-order valence-electron chi connectivity index (χ1n) is 11.3. The van der Waals surface area contributed by atoms with Crippen molar-refractivity contribution in [2.45, 2.75) is 50.0 Å². The van der Waals surface area contributed by atoms with E-state index in [0.717, 1.165) is 32.3 Å². The maximum Gasteiger partial charge on any atom is 0.241 e. The first-order valence-corrected chi connectivity index (χ1v) is 11.3. The second kappa shape index (κ2) is 10.9. The van der Waals surface area contributed by atoms with Crippen molar-refractivity contribution in [3.63, 3.8) is 0 Å². The third-order valence-electron chi connectivity index (χ3n) is 6.49. The molecule has 2 unspecified atom stereocenters. The number of likely N-dealkylation sites (tertiary alicyclic amines) is 1.